The first-order valence-corrected chi connectivity index (χ1v) is 9.46. The molecule has 0 radical (unpaired) electrons. The van der Waals surface area contributed by atoms with Crippen LogP contribution in [0.1, 0.15) is 50.7 Å². The number of nitrogens with zero attached hydrogens (tertiary/aromatic N) is 4. The maximum Gasteiger partial charge on any atom is 0.308 e. The van der Waals surface area contributed by atoms with Gasteiger partial charge in [0.15, 0.2) is 5.82 Å². The fourth-order valence-corrected chi connectivity index (χ4v) is 3.09. The van der Waals surface area contributed by atoms with Crippen molar-refractivity contribution in [1.29, 1.82) is 0 Å². The summed E-state index contributed by atoms with van der Waals surface area (Å²) in [5, 5.41) is 13.0. The van der Waals surface area contributed by atoms with Gasteiger partial charge in [-0.1, -0.05) is 12.1 Å². The number of likely N-dealkylation sites (tertiary alicyclic amines) is 1. The zero-order chi connectivity index (χ0) is 19.8. The van der Waals surface area contributed by atoms with Gasteiger partial charge in [-0.15, -0.1) is 0 Å². The first-order valence-electron chi connectivity index (χ1n) is 9.46. The summed E-state index contributed by atoms with van der Waals surface area (Å²) < 4.78 is 5.14. The summed E-state index contributed by atoms with van der Waals surface area (Å²) in [5.41, 5.74) is 0. The predicted octanol–water partition coefficient (Wildman–Crippen LogP) is 1.13. The van der Waals surface area contributed by atoms with Crippen molar-refractivity contribution < 1.29 is 24.0 Å². The average molecular weight is 380 g/mol. The van der Waals surface area contributed by atoms with Crippen LogP contribution in [0.5, 0.6) is 0 Å². The summed E-state index contributed by atoms with van der Waals surface area (Å²) in [5.74, 6) is -0.530. The van der Waals surface area contributed by atoms with Crippen molar-refractivity contribution in [2.24, 2.45) is 5.92 Å². The number of aliphatic carboxylic acids is 1. The summed E-state index contributed by atoms with van der Waals surface area (Å²) in [6, 6.07) is 0. The van der Waals surface area contributed by atoms with Crippen molar-refractivity contribution in [2.45, 2.75) is 51.9 Å². The molecule has 1 aromatic rings. The molecule has 1 aliphatic heterocycles. The minimum atomic E-state index is -0.875. The van der Waals surface area contributed by atoms with Gasteiger partial charge in [-0.05, 0) is 25.7 Å². The van der Waals surface area contributed by atoms with E-state index in [1.807, 2.05) is 6.92 Å². The van der Waals surface area contributed by atoms with Crippen molar-refractivity contribution in [3.63, 3.8) is 0 Å². The first-order chi connectivity index (χ1) is 12.9. The molecule has 1 aromatic heterocycles. The Morgan fingerprint density at radius 2 is 2.11 bits per heavy atom. The molecule has 150 valence electrons. The number of carboxylic acids is 1. The van der Waals surface area contributed by atoms with E-state index in [0.717, 1.165) is 12.8 Å². The van der Waals surface area contributed by atoms with E-state index in [4.69, 9.17) is 9.63 Å². The molecule has 1 aliphatic rings. The van der Waals surface area contributed by atoms with E-state index in [1.165, 1.54) is 4.90 Å². The Labute approximate surface area is 158 Å². The van der Waals surface area contributed by atoms with Crippen LogP contribution in [0.4, 0.5) is 0 Å². The summed E-state index contributed by atoms with van der Waals surface area (Å²) in [4.78, 5) is 42.9. The number of hydrogen-bond donors (Lipinski definition) is 1. The van der Waals surface area contributed by atoms with Gasteiger partial charge in [0.2, 0.25) is 17.7 Å². The largest absolute Gasteiger partial charge is 0.481 e. The molecule has 0 aliphatic carbocycles. The van der Waals surface area contributed by atoms with Gasteiger partial charge in [-0.3, -0.25) is 14.4 Å². The number of aromatic nitrogens is 2. The number of hydrogen-bond acceptors (Lipinski definition) is 6. The van der Waals surface area contributed by atoms with E-state index in [1.54, 1.807) is 11.9 Å². The third-order valence-electron chi connectivity index (χ3n) is 4.69. The second-order valence-corrected chi connectivity index (χ2v) is 6.97. The molecule has 0 saturated carbocycles. The van der Waals surface area contributed by atoms with Gasteiger partial charge in [0.1, 0.15) is 0 Å². The van der Waals surface area contributed by atoms with Crippen molar-refractivity contribution >= 4 is 17.8 Å². The highest BCUT2D eigenvalue weighted by Crippen LogP contribution is 2.17. The monoisotopic (exact) mass is 380 g/mol. The third kappa shape index (κ3) is 6.33. The van der Waals surface area contributed by atoms with E-state index in [-0.39, 0.29) is 31.3 Å². The molecule has 2 rings (SSSR count). The summed E-state index contributed by atoms with van der Waals surface area (Å²) in [6.45, 7) is 2.76. The molecule has 2 heterocycles. The minimum Gasteiger partial charge on any atom is -0.481 e. The Morgan fingerprint density at radius 3 is 2.81 bits per heavy atom. The van der Waals surface area contributed by atoms with Gasteiger partial charge in [0.25, 0.3) is 0 Å². The fraction of sp³-hybridized carbons (Fsp3) is 0.722. The first kappa shape index (κ1) is 20.9. The van der Waals surface area contributed by atoms with Crippen LogP contribution in [0.3, 0.4) is 0 Å². The molecule has 1 unspecified atom stereocenters. The molecule has 27 heavy (non-hydrogen) atoms. The van der Waals surface area contributed by atoms with E-state index < -0.39 is 11.9 Å². The topological polar surface area (TPSA) is 117 Å². The predicted molar refractivity (Wildman–Crippen MR) is 95.8 cm³/mol. The summed E-state index contributed by atoms with van der Waals surface area (Å²) in [7, 11) is 1.59. The van der Waals surface area contributed by atoms with Crippen molar-refractivity contribution in [2.75, 3.05) is 26.7 Å². The lowest BCUT2D eigenvalue weighted by atomic mass is 9.98. The van der Waals surface area contributed by atoms with Crippen LogP contribution in [-0.4, -0.2) is 69.5 Å². The molecule has 9 heteroatoms. The van der Waals surface area contributed by atoms with Gasteiger partial charge in [0, 0.05) is 39.4 Å². The van der Waals surface area contributed by atoms with E-state index in [2.05, 4.69) is 10.1 Å². The number of amides is 2. The summed E-state index contributed by atoms with van der Waals surface area (Å²) in [6.07, 6.45) is 4.35. The number of carboxylic acid groups (broad SMARTS) is 1. The molecule has 0 aromatic carbocycles. The molecule has 1 saturated heterocycles. The van der Waals surface area contributed by atoms with Crippen LogP contribution < -0.4 is 0 Å². The summed E-state index contributed by atoms with van der Waals surface area (Å²) >= 11 is 0. The van der Waals surface area contributed by atoms with Crippen molar-refractivity contribution in [3.05, 3.63) is 11.7 Å². The van der Waals surface area contributed by atoms with Crippen LogP contribution >= 0.6 is 0 Å². The Bertz CT molecular complexity index is 660. The highest BCUT2D eigenvalue weighted by molar-refractivity contribution is 5.85. The van der Waals surface area contributed by atoms with E-state index >= 15 is 0 Å². The lowest BCUT2D eigenvalue weighted by Gasteiger charge is -2.32. The maximum atomic E-state index is 12.3. The molecule has 1 fully saturated rings. The zero-order valence-corrected chi connectivity index (χ0v) is 16.0. The molecule has 2 amide bonds. The molecular formula is C18H28N4O5. The molecule has 9 nitrogen and oxygen atoms in total. The number of likely N-dealkylation sites (N-methyl/N-ethyl adjacent to an activating group) is 1. The number of carbonyl (C=O) groups excluding carboxylic acids is 2. The average Bonchev–Trinajstić information content (AvgIpc) is 3.09. The SMILES string of the molecule is CCCc1noc(CCCC(=O)N(C)CC(=O)N2CCCC(C(=O)O)C2)n1. The second kappa shape index (κ2) is 10.0. The molecule has 0 bridgehead atoms. The van der Waals surface area contributed by atoms with Gasteiger partial charge in [-0.25, -0.2) is 0 Å². The van der Waals surface area contributed by atoms with Gasteiger partial charge < -0.3 is 19.4 Å². The zero-order valence-electron chi connectivity index (χ0n) is 16.0. The van der Waals surface area contributed by atoms with E-state index in [9.17, 15) is 14.4 Å². The Balaban J connectivity index is 1.72. The van der Waals surface area contributed by atoms with Gasteiger partial charge >= 0.3 is 5.97 Å². The van der Waals surface area contributed by atoms with E-state index in [0.29, 0.717) is 43.9 Å². The van der Waals surface area contributed by atoms with Gasteiger partial charge in [0.05, 0.1) is 12.5 Å². The number of aryl methyl sites for hydroxylation is 2. The lowest BCUT2D eigenvalue weighted by Crippen LogP contribution is -2.46. The molecule has 1 atom stereocenters. The molecular weight excluding hydrogens is 352 g/mol. The maximum absolute atomic E-state index is 12.3. The Morgan fingerprint density at radius 1 is 1.33 bits per heavy atom. The van der Waals surface area contributed by atoms with Gasteiger partial charge in [-0.2, -0.15) is 4.98 Å². The van der Waals surface area contributed by atoms with Crippen LogP contribution in [0, 0.1) is 5.92 Å². The number of piperidine rings is 1. The smallest absolute Gasteiger partial charge is 0.308 e. The normalized spacial score (nSPS) is 17.0. The quantitative estimate of drug-likeness (QED) is 0.682. The third-order valence-corrected chi connectivity index (χ3v) is 4.69. The Hall–Kier alpha value is -2.45. The van der Waals surface area contributed by atoms with Crippen LogP contribution in [0.25, 0.3) is 0 Å². The lowest BCUT2D eigenvalue weighted by molar-refractivity contribution is -0.147. The van der Waals surface area contributed by atoms with Crippen LogP contribution in [0.2, 0.25) is 0 Å². The highest BCUT2D eigenvalue weighted by atomic mass is 16.5. The minimum absolute atomic E-state index is 0.0353. The molecule has 0 spiro atoms. The fourth-order valence-electron chi connectivity index (χ4n) is 3.09. The van der Waals surface area contributed by atoms with Crippen molar-refractivity contribution in [3.8, 4) is 0 Å². The highest BCUT2D eigenvalue weighted by Gasteiger charge is 2.28. The van der Waals surface area contributed by atoms with Crippen molar-refractivity contribution in [1.82, 2.24) is 19.9 Å². The molecule has 1 N–H and O–H groups in total. The standard InChI is InChI=1S/C18H28N4O5/c1-3-6-14-19-15(27-20-14)8-4-9-16(23)21(2)12-17(24)22-10-5-7-13(11-22)18(25)26/h13H,3-12H2,1-2H3,(H,25,26). The second-order valence-electron chi connectivity index (χ2n) is 6.97. The number of carbonyl (C=O) groups is 3. The Kier molecular flexibility index (Phi) is 7.75. The van der Waals surface area contributed by atoms with Crippen LogP contribution in [0.15, 0.2) is 4.52 Å². The van der Waals surface area contributed by atoms with Crippen LogP contribution in [-0.2, 0) is 27.2 Å². The number of rotatable bonds is 9.